The number of hydrogen-bond acceptors (Lipinski definition) is 3. The smallest absolute Gasteiger partial charge is 0.241 e. The summed E-state index contributed by atoms with van der Waals surface area (Å²) < 4.78 is 8.07. The van der Waals surface area contributed by atoms with E-state index in [-0.39, 0.29) is 5.91 Å². The van der Waals surface area contributed by atoms with E-state index in [0.717, 1.165) is 37.2 Å². The van der Waals surface area contributed by atoms with Gasteiger partial charge in [-0.15, -0.1) is 0 Å². The Morgan fingerprint density at radius 1 is 1.09 bits per heavy atom. The molecule has 4 rings (SSSR count). The van der Waals surface area contributed by atoms with E-state index in [1.54, 1.807) is 6.21 Å². The van der Waals surface area contributed by atoms with E-state index < -0.39 is 0 Å². The molecule has 1 aliphatic rings. The predicted molar refractivity (Wildman–Crippen MR) is 130 cm³/mol. The highest BCUT2D eigenvalue weighted by Gasteiger charge is 2.19. The van der Waals surface area contributed by atoms with Crippen LogP contribution in [0.1, 0.15) is 62.3 Å². The van der Waals surface area contributed by atoms with Crippen molar-refractivity contribution in [1.82, 2.24) is 9.99 Å². The van der Waals surface area contributed by atoms with Gasteiger partial charge in [-0.2, -0.15) is 5.10 Å². The second kappa shape index (κ2) is 11.0. The molecule has 5 heteroatoms. The number of benzene rings is 2. The number of aryl methyl sites for hydroxylation is 2. The van der Waals surface area contributed by atoms with Crippen molar-refractivity contribution in [2.45, 2.75) is 64.8 Å². The number of amides is 1. The zero-order valence-electron chi connectivity index (χ0n) is 19.0. The second-order valence-corrected chi connectivity index (χ2v) is 8.47. The van der Waals surface area contributed by atoms with Gasteiger partial charge in [-0.05, 0) is 73.6 Å². The number of rotatable bonds is 10. The van der Waals surface area contributed by atoms with Crippen molar-refractivity contribution in [3.05, 3.63) is 65.4 Å². The summed E-state index contributed by atoms with van der Waals surface area (Å²) in [6.07, 6.45) is 10.3. The first kappa shape index (κ1) is 22.1. The molecule has 0 saturated heterocycles. The summed E-state index contributed by atoms with van der Waals surface area (Å²) in [6, 6.07) is 16.3. The molecule has 0 aliphatic heterocycles. The van der Waals surface area contributed by atoms with Crippen LogP contribution in [0.15, 0.2) is 53.6 Å². The molecule has 0 atom stereocenters. The molecule has 1 heterocycles. The number of hydrazone groups is 1. The molecule has 1 amide bonds. The summed E-state index contributed by atoms with van der Waals surface area (Å²) in [5.41, 5.74) is 7.72. The number of nitrogens with zero attached hydrogens (tertiary/aromatic N) is 2. The van der Waals surface area contributed by atoms with Crippen LogP contribution in [-0.4, -0.2) is 23.3 Å². The largest absolute Gasteiger partial charge is 0.494 e. The quantitative estimate of drug-likeness (QED) is 0.257. The Hall–Kier alpha value is -3.08. The molecule has 3 aromatic rings. The van der Waals surface area contributed by atoms with Crippen molar-refractivity contribution in [3.63, 3.8) is 0 Å². The van der Waals surface area contributed by atoms with Crippen LogP contribution in [0.25, 0.3) is 10.9 Å². The number of ether oxygens (including phenoxy) is 1. The van der Waals surface area contributed by atoms with Crippen LogP contribution in [-0.2, 0) is 24.2 Å². The summed E-state index contributed by atoms with van der Waals surface area (Å²) in [7, 11) is 0. The maximum absolute atomic E-state index is 12.4. The number of nitrogens with one attached hydrogen (secondary N) is 1. The first-order valence-electron chi connectivity index (χ1n) is 11.9. The zero-order valence-corrected chi connectivity index (χ0v) is 19.0. The fraction of sp³-hybridized carbons (Fsp3) is 0.407. The van der Waals surface area contributed by atoms with Crippen LogP contribution in [0.4, 0.5) is 0 Å². The standard InChI is InChI=1S/C27H33N3O2/c1-2-3-8-19-32-22-15-13-21(14-16-22)20-28-29-27(31)17-18-30-25-11-6-4-9-23(25)24-10-5-7-12-26(24)30/h4,6,9,11,13-16,20H,2-3,5,7-8,10,12,17-19H2,1H3,(H,29,31). The number of carbonyl (C=O) groups excluding carboxylic acids is 1. The molecule has 32 heavy (non-hydrogen) atoms. The van der Waals surface area contributed by atoms with Crippen LogP contribution in [0.3, 0.4) is 0 Å². The van der Waals surface area contributed by atoms with Crippen molar-refractivity contribution in [3.8, 4) is 5.75 Å². The van der Waals surface area contributed by atoms with Gasteiger partial charge in [0.1, 0.15) is 5.75 Å². The maximum Gasteiger partial charge on any atom is 0.241 e. The van der Waals surface area contributed by atoms with Gasteiger partial charge in [-0.3, -0.25) is 4.79 Å². The molecular weight excluding hydrogens is 398 g/mol. The molecular formula is C27H33N3O2. The molecule has 1 aliphatic carbocycles. The molecule has 0 unspecified atom stereocenters. The third kappa shape index (κ3) is 5.39. The third-order valence-corrected chi connectivity index (χ3v) is 6.15. The summed E-state index contributed by atoms with van der Waals surface area (Å²) >= 11 is 0. The van der Waals surface area contributed by atoms with E-state index in [4.69, 9.17) is 4.74 Å². The number of fused-ring (bicyclic) bond motifs is 3. The highest BCUT2D eigenvalue weighted by molar-refractivity contribution is 5.86. The molecule has 0 bridgehead atoms. The average molecular weight is 432 g/mol. The van der Waals surface area contributed by atoms with Crippen molar-refractivity contribution in [1.29, 1.82) is 0 Å². The minimum absolute atomic E-state index is 0.0699. The number of para-hydroxylation sites is 1. The average Bonchev–Trinajstić information content (AvgIpc) is 3.15. The lowest BCUT2D eigenvalue weighted by Gasteiger charge is -2.15. The fourth-order valence-corrected chi connectivity index (χ4v) is 4.48. The van der Waals surface area contributed by atoms with Gasteiger partial charge in [0.25, 0.3) is 0 Å². The number of unbranched alkanes of at least 4 members (excludes halogenated alkanes) is 2. The van der Waals surface area contributed by atoms with E-state index in [9.17, 15) is 4.79 Å². The SMILES string of the molecule is CCCCCOc1ccc(C=NNC(=O)CCn2c3c(c4ccccc42)CCCC3)cc1. The van der Waals surface area contributed by atoms with Crippen LogP contribution in [0, 0.1) is 0 Å². The Balaban J connectivity index is 1.29. The van der Waals surface area contributed by atoms with E-state index in [2.05, 4.69) is 46.3 Å². The summed E-state index contributed by atoms with van der Waals surface area (Å²) in [5.74, 6) is 0.795. The molecule has 0 spiro atoms. The molecule has 168 valence electrons. The van der Waals surface area contributed by atoms with Gasteiger partial charge < -0.3 is 9.30 Å². The van der Waals surface area contributed by atoms with Gasteiger partial charge in [-0.25, -0.2) is 5.43 Å². The molecule has 5 nitrogen and oxygen atoms in total. The van der Waals surface area contributed by atoms with Crippen molar-refractivity contribution in [2.75, 3.05) is 6.61 Å². The van der Waals surface area contributed by atoms with Gasteiger partial charge in [-0.1, -0.05) is 38.0 Å². The molecule has 2 aromatic carbocycles. The van der Waals surface area contributed by atoms with Crippen LogP contribution in [0.5, 0.6) is 5.75 Å². The molecule has 0 fully saturated rings. The lowest BCUT2D eigenvalue weighted by Crippen LogP contribution is -2.20. The van der Waals surface area contributed by atoms with E-state index in [0.29, 0.717) is 13.0 Å². The molecule has 1 N–H and O–H groups in total. The normalized spacial score (nSPS) is 13.4. The second-order valence-electron chi connectivity index (χ2n) is 8.47. The summed E-state index contributed by atoms with van der Waals surface area (Å²) in [4.78, 5) is 12.4. The van der Waals surface area contributed by atoms with E-state index in [1.807, 2.05) is 24.3 Å². The molecule has 1 aromatic heterocycles. The highest BCUT2D eigenvalue weighted by atomic mass is 16.5. The summed E-state index contributed by atoms with van der Waals surface area (Å²) in [5, 5.41) is 5.48. The first-order valence-corrected chi connectivity index (χ1v) is 11.9. The van der Waals surface area contributed by atoms with Gasteiger partial charge in [0.15, 0.2) is 0 Å². The lowest BCUT2D eigenvalue weighted by atomic mass is 9.95. The fourth-order valence-electron chi connectivity index (χ4n) is 4.48. The summed E-state index contributed by atoms with van der Waals surface area (Å²) in [6.45, 7) is 3.61. The monoisotopic (exact) mass is 431 g/mol. The Morgan fingerprint density at radius 2 is 1.91 bits per heavy atom. The van der Waals surface area contributed by atoms with Crippen molar-refractivity contribution >= 4 is 23.0 Å². The van der Waals surface area contributed by atoms with Crippen LogP contribution >= 0.6 is 0 Å². The van der Waals surface area contributed by atoms with Crippen LogP contribution < -0.4 is 10.2 Å². The molecule has 0 radical (unpaired) electrons. The van der Waals surface area contributed by atoms with Crippen LogP contribution in [0.2, 0.25) is 0 Å². The lowest BCUT2D eigenvalue weighted by molar-refractivity contribution is -0.121. The van der Waals surface area contributed by atoms with Gasteiger partial charge in [0.2, 0.25) is 5.91 Å². The van der Waals surface area contributed by atoms with E-state index >= 15 is 0 Å². The predicted octanol–water partition coefficient (Wildman–Crippen LogP) is 5.63. The van der Waals surface area contributed by atoms with Gasteiger partial charge in [0.05, 0.1) is 12.8 Å². The van der Waals surface area contributed by atoms with Crippen molar-refractivity contribution in [2.24, 2.45) is 5.10 Å². The topological polar surface area (TPSA) is 55.6 Å². The number of aromatic nitrogens is 1. The van der Waals surface area contributed by atoms with E-state index in [1.165, 1.54) is 47.8 Å². The van der Waals surface area contributed by atoms with Crippen molar-refractivity contribution < 1.29 is 9.53 Å². The maximum atomic E-state index is 12.4. The van der Waals surface area contributed by atoms with Gasteiger partial charge in [0, 0.05) is 29.6 Å². The number of hydrogen-bond donors (Lipinski definition) is 1. The molecule has 0 saturated carbocycles. The number of carbonyl (C=O) groups is 1. The Kier molecular flexibility index (Phi) is 7.59. The highest BCUT2D eigenvalue weighted by Crippen LogP contribution is 2.32. The Labute approximate surface area is 190 Å². The minimum Gasteiger partial charge on any atom is -0.494 e. The Morgan fingerprint density at radius 3 is 2.75 bits per heavy atom. The Bertz CT molecular complexity index is 1070. The third-order valence-electron chi connectivity index (χ3n) is 6.15. The zero-order chi connectivity index (χ0) is 22.2. The minimum atomic E-state index is -0.0699. The van der Waals surface area contributed by atoms with Gasteiger partial charge >= 0.3 is 0 Å². The first-order chi connectivity index (χ1) is 15.8.